The zero-order valence-electron chi connectivity index (χ0n) is 27.2. The standard InChI is InChI=1S/C34H26N4O8S2.2Na/c1-19-16-21(10-13-27(19)35-37-29-15-12-24-26(33(29)39)8-5-9-31(24)47(41,42)43)22-11-14-28(20(2)17-22)36-38-30-18-32(48(44,45)46)23-6-3-4-7-25(23)34(30)40;;/h3-18,39-40H,1-2H3,(H,41,42,43)(H,44,45,46);;/q;2*+1/p-2. The zero-order chi connectivity index (χ0) is 34.4. The van der Waals surface area contributed by atoms with Crippen molar-refractivity contribution >= 4 is 64.5 Å². The van der Waals surface area contributed by atoms with E-state index in [1.165, 1.54) is 42.5 Å². The van der Waals surface area contributed by atoms with E-state index in [1.54, 1.807) is 24.3 Å². The predicted octanol–water partition coefficient (Wildman–Crippen LogP) is 2.34. The summed E-state index contributed by atoms with van der Waals surface area (Å²) >= 11 is 0. The molecule has 6 rings (SSSR count). The fourth-order valence-corrected chi connectivity index (χ4v) is 6.70. The first-order valence-electron chi connectivity index (χ1n) is 14.2. The second kappa shape index (κ2) is 15.4. The molecular weight excluding hydrogens is 703 g/mol. The van der Waals surface area contributed by atoms with Gasteiger partial charge in [0.15, 0.2) is 11.5 Å². The first-order chi connectivity index (χ1) is 22.7. The molecule has 12 nitrogen and oxygen atoms in total. The molecule has 0 bridgehead atoms. The number of benzene rings is 6. The number of fused-ring (bicyclic) bond motifs is 2. The molecule has 0 saturated carbocycles. The maximum absolute atomic E-state index is 11.9. The first-order valence-corrected chi connectivity index (χ1v) is 17.0. The van der Waals surface area contributed by atoms with Crippen LogP contribution in [0.2, 0.25) is 0 Å². The molecule has 0 saturated heterocycles. The number of azo groups is 2. The minimum atomic E-state index is -4.85. The van der Waals surface area contributed by atoms with Crippen LogP contribution in [-0.2, 0) is 20.2 Å². The number of hydrogen-bond acceptors (Lipinski definition) is 12. The van der Waals surface area contributed by atoms with E-state index >= 15 is 0 Å². The Morgan fingerprint density at radius 1 is 0.480 bits per heavy atom. The van der Waals surface area contributed by atoms with E-state index in [0.717, 1.165) is 28.3 Å². The summed E-state index contributed by atoms with van der Waals surface area (Å²) in [5, 5.41) is 38.6. The molecule has 0 aromatic heterocycles. The van der Waals surface area contributed by atoms with Crippen LogP contribution in [0.3, 0.4) is 0 Å². The van der Waals surface area contributed by atoms with E-state index in [9.17, 15) is 36.2 Å². The molecule has 16 heteroatoms. The quantitative estimate of drug-likeness (QED) is 0.142. The van der Waals surface area contributed by atoms with Crippen LogP contribution in [0.1, 0.15) is 11.1 Å². The van der Waals surface area contributed by atoms with Crippen molar-refractivity contribution in [2.24, 2.45) is 20.5 Å². The summed E-state index contributed by atoms with van der Waals surface area (Å²) in [5.74, 6) is -0.612. The summed E-state index contributed by atoms with van der Waals surface area (Å²) in [4.78, 5) is -0.941. The van der Waals surface area contributed by atoms with Gasteiger partial charge in [-0.05, 0) is 78.6 Å². The molecule has 0 heterocycles. The number of rotatable bonds is 7. The molecule has 0 spiro atoms. The third-order valence-corrected chi connectivity index (χ3v) is 9.50. The van der Waals surface area contributed by atoms with Crippen molar-refractivity contribution in [3.63, 3.8) is 0 Å². The molecule has 0 atom stereocenters. The number of hydrogen-bond donors (Lipinski definition) is 2. The minimum absolute atomic E-state index is 0. The van der Waals surface area contributed by atoms with Gasteiger partial charge < -0.3 is 19.3 Å². The van der Waals surface area contributed by atoms with Crippen molar-refractivity contribution in [3.8, 4) is 22.6 Å². The Kier molecular flexibility index (Phi) is 12.1. The monoisotopic (exact) mass is 726 g/mol. The van der Waals surface area contributed by atoms with Gasteiger partial charge in [-0.1, -0.05) is 54.6 Å². The van der Waals surface area contributed by atoms with Gasteiger partial charge in [-0.3, -0.25) is 0 Å². The number of aromatic hydroxyl groups is 2. The van der Waals surface area contributed by atoms with Crippen LogP contribution >= 0.6 is 0 Å². The predicted molar refractivity (Wildman–Crippen MR) is 177 cm³/mol. The van der Waals surface area contributed by atoms with Gasteiger partial charge in [-0.15, -0.1) is 10.2 Å². The Balaban J connectivity index is 0.00000281. The summed E-state index contributed by atoms with van der Waals surface area (Å²) in [6.07, 6.45) is 0. The molecule has 0 amide bonds. The molecule has 0 fully saturated rings. The normalized spacial score (nSPS) is 12.0. The summed E-state index contributed by atoms with van der Waals surface area (Å²) in [6, 6.07) is 24.8. The Labute approximate surface area is 331 Å². The number of nitrogens with zero attached hydrogens (tertiary/aromatic N) is 4. The molecular formula is C34H24N4Na2O8S2. The topological polar surface area (TPSA) is 204 Å². The third-order valence-electron chi connectivity index (χ3n) is 7.73. The van der Waals surface area contributed by atoms with Crippen molar-refractivity contribution in [2.75, 3.05) is 0 Å². The maximum Gasteiger partial charge on any atom is 1.00 e. The summed E-state index contributed by atoms with van der Waals surface area (Å²) in [5.41, 5.74) is 4.11. The Morgan fingerprint density at radius 2 is 0.900 bits per heavy atom. The van der Waals surface area contributed by atoms with E-state index in [1.807, 2.05) is 38.1 Å². The largest absolute Gasteiger partial charge is 1.00 e. The van der Waals surface area contributed by atoms with Crippen molar-refractivity contribution in [1.29, 1.82) is 0 Å². The molecule has 0 unspecified atom stereocenters. The molecule has 0 radical (unpaired) electrons. The molecule has 242 valence electrons. The van der Waals surface area contributed by atoms with Gasteiger partial charge in [0.1, 0.15) is 31.6 Å². The van der Waals surface area contributed by atoms with Crippen LogP contribution in [0.25, 0.3) is 32.7 Å². The fraction of sp³-hybridized carbons (Fsp3) is 0.0588. The fourth-order valence-electron chi connectivity index (χ4n) is 5.31. The molecule has 6 aromatic carbocycles. The Bertz CT molecular complexity index is 2580. The average Bonchev–Trinajstić information content (AvgIpc) is 3.04. The molecule has 50 heavy (non-hydrogen) atoms. The van der Waals surface area contributed by atoms with E-state index < -0.39 is 30.0 Å². The molecule has 6 aromatic rings. The second-order valence-corrected chi connectivity index (χ2v) is 13.6. The van der Waals surface area contributed by atoms with Crippen LogP contribution in [-0.4, -0.2) is 36.2 Å². The summed E-state index contributed by atoms with van der Waals surface area (Å²) in [6.45, 7) is 3.65. The van der Waals surface area contributed by atoms with Gasteiger partial charge >= 0.3 is 59.1 Å². The van der Waals surface area contributed by atoms with Gasteiger partial charge in [0.05, 0.1) is 21.2 Å². The second-order valence-electron chi connectivity index (χ2n) is 10.9. The van der Waals surface area contributed by atoms with Crippen molar-refractivity contribution in [3.05, 3.63) is 108 Å². The van der Waals surface area contributed by atoms with E-state index in [0.29, 0.717) is 11.4 Å². The van der Waals surface area contributed by atoms with Crippen LogP contribution in [0.5, 0.6) is 11.5 Å². The van der Waals surface area contributed by atoms with Crippen LogP contribution < -0.4 is 59.1 Å². The number of aryl methyl sites for hydroxylation is 2. The van der Waals surface area contributed by atoms with Gasteiger partial charge in [-0.25, -0.2) is 16.8 Å². The van der Waals surface area contributed by atoms with E-state index in [2.05, 4.69) is 20.5 Å². The SMILES string of the molecule is Cc1cc(-c2ccc(N=Nc3cc(S(=O)(=O)[O-])c4ccccc4c3O)c(C)c2)ccc1N=Nc1ccc2c(S(=O)(=O)[O-])cccc2c1O.[Na+].[Na+]. The molecule has 0 aliphatic carbocycles. The Hall–Kier alpha value is -3.54. The van der Waals surface area contributed by atoms with Gasteiger partial charge in [0, 0.05) is 21.5 Å². The third kappa shape index (κ3) is 8.00. The molecule has 0 aliphatic rings. The smallest absolute Gasteiger partial charge is 0.744 e. The van der Waals surface area contributed by atoms with Gasteiger partial charge in [0.25, 0.3) is 0 Å². The van der Waals surface area contributed by atoms with Gasteiger partial charge in [0.2, 0.25) is 0 Å². The van der Waals surface area contributed by atoms with Crippen molar-refractivity contribution < 1.29 is 95.3 Å². The first kappa shape index (κ1) is 39.2. The average molecular weight is 727 g/mol. The van der Waals surface area contributed by atoms with E-state index in [-0.39, 0.29) is 104 Å². The van der Waals surface area contributed by atoms with Crippen molar-refractivity contribution in [1.82, 2.24) is 0 Å². The number of phenolic OH excluding ortho intramolecular Hbond substituents is 2. The summed E-state index contributed by atoms with van der Waals surface area (Å²) in [7, 11) is -9.59. The van der Waals surface area contributed by atoms with Crippen molar-refractivity contribution in [2.45, 2.75) is 23.6 Å². The molecule has 0 aliphatic heterocycles. The molecule has 2 N–H and O–H groups in total. The summed E-state index contributed by atoms with van der Waals surface area (Å²) < 4.78 is 70.5. The maximum atomic E-state index is 11.9. The van der Waals surface area contributed by atoms with E-state index in [4.69, 9.17) is 0 Å². The van der Waals surface area contributed by atoms with Crippen LogP contribution in [0, 0.1) is 13.8 Å². The van der Waals surface area contributed by atoms with Crippen LogP contribution in [0.15, 0.2) is 127 Å². The van der Waals surface area contributed by atoms with Gasteiger partial charge in [-0.2, -0.15) is 10.2 Å². The minimum Gasteiger partial charge on any atom is -0.744 e. The number of phenols is 2. The Morgan fingerprint density at radius 3 is 1.42 bits per heavy atom. The zero-order valence-corrected chi connectivity index (χ0v) is 32.8. The van der Waals surface area contributed by atoms with Crippen LogP contribution in [0.4, 0.5) is 22.7 Å².